The lowest BCUT2D eigenvalue weighted by Gasteiger charge is -2.41. The van der Waals surface area contributed by atoms with Gasteiger partial charge in [-0.1, -0.05) is 12.8 Å². The highest BCUT2D eigenvalue weighted by Crippen LogP contribution is 2.43. The summed E-state index contributed by atoms with van der Waals surface area (Å²) in [6, 6.07) is 0.418. The molecule has 1 aliphatic heterocycles. The van der Waals surface area contributed by atoms with E-state index in [9.17, 15) is 0 Å². The smallest absolute Gasteiger partial charge is 0.0685 e. The van der Waals surface area contributed by atoms with E-state index >= 15 is 0 Å². The Kier molecular flexibility index (Phi) is 6.07. The van der Waals surface area contributed by atoms with E-state index in [1.165, 1.54) is 32.1 Å². The van der Waals surface area contributed by atoms with E-state index in [2.05, 4.69) is 5.43 Å². The Bertz CT molecular complexity index is 255. The highest BCUT2D eigenvalue weighted by Gasteiger charge is 2.41. The first kappa shape index (κ1) is 15.2. The van der Waals surface area contributed by atoms with Crippen LogP contribution in [0.2, 0.25) is 0 Å². The van der Waals surface area contributed by atoms with Crippen LogP contribution >= 0.6 is 0 Å². The van der Waals surface area contributed by atoms with Gasteiger partial charge in [0.25, 0.3) is 0 Å². The summed E-state index contributed by atoms with van der Waals surface area (Å²) in [6.07, 6.45) is 9.70. The Hall–Kier alpha value is -0.160. The third kappa shape index (κ3) is 4.15. The largest absolute Gasteiger partial charge is 0.382 e. The van der Waals surface area contributed by atoms with Gasteiger partial charge in [0.1, 0.15) is 0 Å². The van der Waals surface area contributed by atoms with Crippen molar-refractivity contribution >= 4 is 0 Å². The Labute approximate surface area is 117 Å². The van der Waals surface area contributed by atoms with Crippen LogP contribution in [0.3, 0.4) is 0 Å². The SMILES string of the molecule is CCOCCCC(NN)C1CCOC2(CCCC2)C1. The first-order valence-corrected chi connectivity index (χ1v) is 7.97. The Morgan fingerprint density at radius 3 is 2.89 bits per heavy atom. The first-order valence-electron chi connectivity index (χ1n) is 7.97. The summed E-state index contributed by atoms with van der Waals surface area (Å²) in [4.78, 5) is 0. The van der Waals surface area contributed by atoms with Crippen LogP contribution < -0.4 is 11.3 Å². The summed E-state index contributed by atoms with van der Waals surface area (Å²) in [7, 11) is 0. The van der Waals surface area contributed by atoms with Gasteiger partial charge in [0.15, 0.2) is 0 Å². The van der Waals surface area contributed by atoms with Crippen molar-refractivity contribution < 1.29 is 9.47 Å². The molecule has 4 heteroatoms. The number of nitrogens with two attached hydrogens (primary N) is 1. The zero-order valence-electron chi connectivity index (χ0n) is 12.3. The van der Waals surface area contributed by atoms with Gasteiger partial charge in [-0.05, 0) is 51.4 Å². The number of hydrazine groups is 1. The summed E-state index contributed by atoms with van der Waals surface area (Å²) in [5.74, 6) is 6.44. The molecule has 0 aromatic heterocycles. The predicted molar refractivity (Wildman–Crippen MR) is 76.7 cm³/mol. The van der Waals surface area contributed by atoms with Crippen LogP contribution in [0.4, 0.5) is 0 Å². The Morgan fingerprint density at radius 1 is 1.42 bits per heavy atom. The topological polar surface area (TPSA) is 56.5 Å². The maximum atomic E-state index is 6.10. The number of nitrogens with one attached hydrogen (secondary N) is 1. The Morgan fingerprint density at radius 2 is 2.21 bits per heavy atom. The van der Waals surface area contributed by atoms with E-state index < -0.39 is 0 Å². The molecule has 0 bridgehead atoms. The van der Waals surface area contributed by atoms with Gasteiger partial charge in [-0.2, -0.15) is 0 Å². The van der Waals surface area contributed by atoms with Crippen LogP contribution in [0, 0.1) is 5.92 Å². The lowest BCUT2D eigenvalue weighted by molar-refractivity contribution is -0.0985. The van der Waals surface area contributed by atoms with Crippen molar-refractivity contribution in [3.8, 4) is 0 Å². The van der Waals surface area contributed by atoms with E-state index in [0.717, 1.165) is 39.1 Å². The molecule has 1 aliphatic carbocycles. The minimum atomic E-state index is 0.192. The summed E-state index contributed by atoms with van der Waals surface area (Å²) < 4.78 is 11.5. The summed E-state index contributed by atoms with van der Waals surface area (Å²) in [5.41, 5.74) is 3.24. The molecule has 2 unspecified atom stereocenters. The van der Waals surface area contributed by atoms with Crippen molar-refractivity contribution in [3.05, 3.63) is 0 Å². The third-order valence-corrected chi connectivity index (χ3v) is 4.84. The average molecular weight is 270 g/mol. The van der Waals surface area contributed by atoms with Gasteiger partial charge in [-0.3, -0.25) is 11.3 Å². The number of rotatable bonds is 7. The van der Waals surface area contributed by atoms with Crippen molar-refractivity contribution in [1.29, 1.82) is 0 Å². The standard InChI is InChI=1S/C15H30N2O2/c1-2-18-10-5-6-14(17-16)13-7-11-19-15(12-13)8-3-4-9-15/h13-14,17H,2-12,16H2,1H3. The molecule has 0 amide bonds. The van der Waals surface area contributed by atoms with Crippen molar-refractivity contribution in [3.63, 3.8) is 0 Å². The molecule has 0 aromatic rings. The van der Waals surface area contributed by atoms with Crippen LogP contribution in [0.25, 0.3) is 0 Å². The second kappa shape index (κ2) is 7.58. The van der Waals surface area contributed by atoms with Gasteiger partial charge in [0.05, 0.1) is 5.60 Å². The lowest BCUT2D eigenvalue weighted by Crippen LogP contribution is -2.48. The van der Waals surface area contributed by atoms with E-state index in [0.29, 0.717) is 12.0 Å². The van der Waals surface area contributed by atoms with E-state index in [1.807, 2.05) is 6.92 Å². The molecule has 112 valence electrons. The second-order valence-electron chi connectivity index (χ2n) is 6.10. The minimum absolute atomic E-state index is 0.192. The molecule has 1 saturated heterocycles. The normalized spacial score (nSPS) is 27.8. The molecule has 19 heavy (non-hydrogen) atoms. The fourth-order valence-electron chi connectivity index (χ4n) is 3.78. The van der Waals surface area contributed by atoms with E-state index in [4.69, 9.17) is 15.3 Å². The summed E-state index contributed by atoms with van der Waals surface area (Å²) in [5, 5.41) is 0. The van der Waals surface area contributed by atoms with Gasteiger partial charge in [-0.25, -0.2) is 0 Å². The average Bonchev–Trinajstić information content (AvgIpc) is 2.87. The van der Waals surface area contributed by atoms with E-state index in [1.54, 1.807) is 0 Å². The molecule has 2 atom stereocenters. The van der Waals surface area contributed by atoms with Gasteiger partial charge < -0.3 is 9.47 Å². The molecule has 3 N–H and O–H groups in total. The maximum Gasteiger partial charge on any atom is 0.0685 e. The molecule has 0 aromatic carbocycles. The van der Waals surface area contributed by atoms with Gasteiger partial charge >= 0.3 is 0 Å². The third-order valence-electron chi connectivity index (χ3n) is 4.84. The Balaban J connectivity index is 1.80. The fourth-order valence-corrected chi connectivity index (χ4v) is 3.78. The van der Waals surface area contributed by atoms with Gasteiger partial charge in [0.2, 0.25) is 0 Å². The van der Waals surface area contributed by atoms with Crippen LogP contribution in [0.1, 0.15) is 58.3 Å². The zero-order chi connectivity index (χ0) is 13.6. The van der Waals surface area contributed by atoms with Crippen LogP contribution in [0.5, 0.6) is 0 Å². The van der Waals surface area contributed by atoms with Crippen molar-refractivity contribution in [1.82, 2.24) is 5.43 Å². The molecular formula is C15H30N2O2. The number of hydrogen-bond acceptors (Lipinski definition) is 4. The van der Waals surface area contributed by atoms with Crippen molar-refractivity contribution in [2.75, 3.05) is 19.8 Å². The monoisotopic (exact) mass is 270 g/mol. The highest BCUT2D eigenvalue weighted by molar-refractivity contribution is 4.93. The number of hydrogen-bond donors (Lipinski definition) is 2. The van der Waals surface area contributed by atoms with Gasteiger partial charge in [-0.15, -0.1) is 0 Å². The second-order valence-corrected chi connectivity index (χ2v) is 6.10. The predicted octanol–water partition coefficient (Wildman–Crippen LogP) is 2.37. The molecule has 1 spiro atoms. The molecular weight excluding hydrogens is 240 g/mol. The highest BCUT2D eigenvalue weighted by atomic mass is 16.5. The number of ether oxygens (including phenoxy) is 2. The van der Waals surface area contributed by atoms with Crippen LogP contribution in [-0.4, -0.2) is 31.5 Å². The molecule has 1 heterocycles. The molecule has 0 radical (unpaired) electrons. The van der Waals surface area contributed by atoms with Gasteiger partial charge in [0, 0.05) is 25.9 Å². The van der Waals surface area contributed by atoms with Crippen LogP contribution in [0.15, 0.2) is 0 Å². The quantitative estimate of drug-likeness (QED) is 0.424. The lowest BCUT2D eigenvalue weighted by atomic mass is 9.79. The molecule has 4 nitrogen and oxygen atoms in total. The summed E-state index contributed by atoms with van der Waals surface area (Å²) in [6.45, 7) is 4.61. The molecule has 2 rings (SSSR count). The maximum absolute atomic E-state index is 6.10. The first-order chi connectivity index (χ1) is 9.29. The molecule has 2 fully saturated rings. The van der Waals surface area contributed by atoms with Crippen molar-refractivity contribution in [2.24, 2.45) is 11.8 Å². The van der Waals surface area contributed by atoms with Crippen molar-refractivity contribution in [2.45, 2.75) is 69.9 Å². The summed E-state index contributed by atoms with van der Waals surface area (Å²) >= 11 is 0. The zero-order valence-corrected chi connectivity index (χ0v) is 12.3. The molecule has 2 aliphatic rings. The van der Waals surface area contributed by atoms with Crippen LogP contribution in [-0.2, 0) is 9.47 Å². The fraction of sp³-hybridized carbons (Fsp3) is 1.00. The molecule has 1 saturated carbocycles. The minimum Gasteiger partial charge on any atom is -0.382 e. The van der Waals surface area contributed by atoms with E-state index in [-0.39, 0.29) is 5.60 Å².